The summed E-state index contributed by atoms with van der Waals surface area (Å²) in [5, 5.41) is 5.86. The molecule has 0 saturated heterocycles. The van der Waals surface area contributed by atoms with Crippen molar-refractivity contribution >= 4 is 29.3 Å². The van der Waals surface area contributed by atoms with Crippen LogP contribution in [0.1, 0.15) is 21.5 Å². The summed E-state index contributed by atoms with van der Waals surface area (Å²) in [5.74, 6) is -1.21. The van der Waals surface area contributed by atoms with E-state index in [-0.39, 0.29) is 18.7 Å². The SMILES string of the molecule is O=C(Nc1ccc(CNC(=O)c2ccncc2F)cc1)OCc1ccc(Cl)cc1. The lowest BCUT2D eigenvalue weighted by molar-refractivity contribution is 0.0946. The number of nitrogens with zero attached hydrogens (tertiary/aromatic N) is 1. The summed E-state index contributed by atoms with van der Waals surface area (Å²) in [6, 6.07) is 15.1. The van der Waals surface area contributed by atoms with E-state index in [1.807, 2.05) is 0 Å². The average Bonchev–Trinajstić information content (AvgIpc) is 2.73. The fraction of sp³-hybridized carbons (Fsp3) is 0.0952. The number of halogens is 2. The monoisotopic (exact) mass is 413 g/mol. The van der Waals surface area contributed by atoms with Gasteiger partial charge in [0.25, 0.3) is 5.91 Å². The molecule has 0 bridgehead atoms. The molecule has 148 valence electrons. The summed E-state index contributed by atoms with van der Waals surface area (Å²) in [4.78, 5) is 27.5. The minimum absolute atomic E-state index is 0.0679. The minimum Gasteiger partial charge on any atom is -0.444 e. The van der Waals surface area contributed by atoms with Gasteiger partial charge in [0.15, 0.2) is 5.82 Å². The van der Waals surface area contributed by atoms with Crippen molar-refractivity contribution in [2.45, 2.75) is 13.2 Å². The quantitative estimate of drug-likeness (QED) is 0.621. The van der Waals surface area contributed by atoms with Crippen molar-refractivity contribution < 1.29 is 18.7 Å². The van der Waals surface area contributed by atoms with E-state index in [2.05, 4.69) is 15.6 Å². The van der Waals surface area contributed by atoms with Crippen LogP contribution in [0.25, 0.3) is 0 Å². The Hall–Kier alpha value is -3.45. The molecule has 29 heavy (non-hydrogen) atoms. The van der Waals surface area contributed by atoms with Crippen molar-refractivity contribution in [3.8, 4) is 0 Å². The van der Waals surface area contributed by atoms with Crippen molar-refractivity contribution in [3.63, 3.8) is 0 Å². The number of carbonyl (C=O) groups excluding carboxylic acids is 2. The first-order chi connectivity index (χ1) is 14.0. The molecule has 1 aromatic heterocycles. The van der Waals surface area contributed by atoms with E-state index in [1.54, 1.807) is 48.5 Å². The molecular weight excluding hydrogens is 397 g/mol. The second-order valence-electron chi connectivity index (χ2n) is 6.06. The zero-order valence-electron chi connectivity index (χ0n) is 15.2. The van der Waals surface area contributed by atoms with E-state index in [0.717, 1.165) is 17.3 Å². The smallest absolute Gasteiger partial charge is 0.411 e. The van der Waals surface area contributed by atoms with Crippen molar-refractivity contribution in [2.75, 3.05) is 5.32 Å². The molecule has 0 saturated carbocycles. The molecule has 0 fully saturated rings. The van der Waals surface area contributed by atoms with Gasteiger partial charge in [-0.05, 0) is 41.5 Å². The van der Waals surface area contributed by atoms with E-state index in [9.17, 15) is 14.0 Å². The number of hydrogen-bond donors (Lipinski definition) is 2. The van der Waals surface area contributed by atoms with Crippen LogP contribution in [0.2, 0.25) is 5.02 Å². The van der Waals surface area contributed by atoms with Crippen LogP contribution in [0.4, 0.5) is 14.9 Å². The Kier molecular flexibility index (Phi) is 6.76. The lowest BCUT2D eigenvalue weighted by atomic mass is 10.2. The van der Waals surface area contributed by atoms with Gasteiger partial charge in [0.1, 0.15) is 6.61 Å². The van der Waals surface area contributed by atoms with Crippen LogP contribution in [0.5, 0.6) is 0 Å². The molecule has 3 rings (SSSR count). The normalized spacial score (nSPS) is 10.3. The summed E-state index contributed by atoms with van der Waals surface area (Å²) in [5.41, 5.74) is 2.08. The van der Waals surface area contributed by atoms with Gasteiger partial charge in [-0.25, -0.2) is 9.18 Å². The van der Waals surface area contributed by atoms with Crippen LogP contribution in [0.15, 0.2) is 67.0 Å². The lowest BCUT2D eigenvalue weighted by Gasteiger charge is -2.09. The van der Waals surface area contributed by atoms with Gasteiger partial charge < -0.3 is 10.1 Å². The fourth-order valence-electron chi connectivity index (χ4n) is 2.43. The predicted octanol–water partition coefficient (Wildman–Crippen LogP) is 4.55. The van der Waals surface area contributed by atoms with Crippen molar-refractivity contribution in [1.29, 1.82) is 0 Å². The highest BCUT2D eigenvalue weighted by Crippen LogP contribution is 2.13. The number of pyridine rings is 1. The molecule has 8 heteroatoms. The minimum atomic E-state index is -0.679. The van der Waals surface area contributed by atoms with Crippen LogP contribution < -0.4 is 10.6 Å². The molecule has 2 amide bonds. The summed E-state index contributed by atoms with van der Waals surface area (Å²) in [6.07, 6.45) is 1.75. The van der Waals surface area contributed by atoms with Crippen LogP contribution >= 0.6 is 11.6 Å². The molecule has 0 aliphatic heterocycles. The molecule has 0 aliphatic rings. The Morgan fingerprint density at radius 1 is 1.00 bits per heavy atom. The molecule has 0 radical (unpaired) electrons. The van der Waals surface area contributed by atoms with E-state index in [4.69, 9.17) is 16.3 Å². The largest absolute Gasteiger partial charge is 0.444 e. The van der Waals surface area contributed by atoms with Gasteiger partial charge in [-0.3, -0.25) is 15.1 Å². The Bertz CT molecular complexity index is 995. The second-order valence-corrected chi connectivity index (χ2v) is 6.50. The number of carbonyl (C=O) groups is 2. The van der Waals surface area contributed by atoms with E-state index < -0.39 is 17.8 Å². The fourth-order valence-corrected chi connectivity index (χ4v) is 2.55. The van der Waals surface area contributed by atoms with Crippen molar-refractivity contribution in [3.05, 3.63) is 94.5 Å². The molecule has 1 heterocycles. The zero-order valence-corrected chi connectivity index (χ0v) is 15.9. The number of rotatable bonds is 6. The Labute approximate surface area is 171 Å². The third kappa shape index (κ3) is 6.02. The topological polar surface area (TPSA) is 80.3 Å². The predicted molar refractivity (Wildman–Crippen MR) is 107 cm³/mol. The summed E-state index contributed by atoms with van der Waals surface area (Å²) in [7, 11) is 0. The lowest BCUT2D eigenvalue weighted by Crippen LogP contribution is -2.23. The third-order valence-electron chi connectivity index (χ3n) is 3.95. The molecule has 0 unspecified atom stereocenters. The number of benzene rings is 2. The Morgan fingerprint density at radius 2 is 1.69 bits per heavy atom. The Balaban J connectivity index is 1.47. The number of amides is 2. The van der Waals surface area contributed by atoms with Crippen molar-refractivity contribution in [2.24, 2.45) is 0 Å². The summed E-state index contributed by atoms with van der Waals surface area (Å²) >= 11 is 5.81. The highest BCUT2D eigenvalue weighted by molar-refractivity contribution is 6.30. The molecule has 6 nitrogen and oxygen atoms in total. The molecule has 2 N–H and O–H groups in total. The maximum Gasteiger partial charge on any atom is 0.411 e. The maximum absolute atomic E-state index is 13.5. The third-order valence-corrected chi connectivity index (χ3v) is 4.21. The van der Waals surface area contributed by atoms with Gasteiger partial charge in [-0.2, -0.15) is 0 Å². The molecule has 2 aromatic carbocycles. The van der Waals surface area contributed by atoms with E-state index in [0.29, 0.717) is 10.7 Å². The molecule has 0 spiro atoms. The molecule has 0 atom stereocenters. The number of nitrogens with one attached hydrogen (secondary N) is 2. The van der Waals surface area contributed by atoms with E-state index >= 15 is 0 Å². The second kappa shape index (κ2) is 9.66. The van der Waals surface area contributed by atoms with Gasteiger partial charge in [0.2, 0.25) is 0 Å². The molecular formula is C21H17ClFN3O3. The Morgan fingerprint density at radius 3 is 2.38 bits per heavy atom. The molecule has 3 aromatic rings. The standard InChI is InChI=1S/C21H17ClFN3O3/c22-16-5-1-15(2-6-16)13-29-21(28)26-17-7-3-14(4-8-17)11-25-20(27)18-9-10-24-12-19(18)23/h1-10,12H,11,13H2,(H,25,27)(H,26,28). The van der Waals surface area contributed by atoms with Gasteiger partial charge in [-0.1, -0.05) is 35.9 Å². The van der Waals surface area contributed by atoms with E-state index in [1.165, 1.54) is 12.3 Å². The van der Waals surface area contributed by atoms with Crippen LogP contribution in [-0.2, 0) is 17.9 Å². The van der Waals surface area contributed by atoms with Crippen LogP contribution in [0, 0.1) is 5.82 Å². The van der Waals surface area contributed by atoms with Gasteiger partial charge >= 0.3 is 6.09 Å². The number of aromatic nitrogens is 1. The summed E-state index contributed by atoms with van der Waals surface area (Å²) in [6.45, 7) is 0.334. The number of anilines is 1. The van der Waals surface area contributed by atoms with Crippen LogP contribution in [-0.4, -0.2) is 17.0 Å². The average molecular weight is 414 g/mol. The van der Waals surface area contributed by atoms with Gasteiger partial charge in [0.05, 0.1) is 11.8 Å². The van der Waals surface area contributed by atoms with Gasteiger partial charge in [0, 0.05) is 23.5 Å². The highest BCUT2D eigenvalue weighted by atomic mass is 35.5. The molecule has 0 aliphatic carbocycles. The zero-order chi connectivity index (χ0) is 20.6. The highest BCUT2D eigenvalue weighted by Gasteiger charge is 2.11. The summed E-state index contributed by atoms with van der Waals surface area (Å²) < 4.78 is 18.7. The number of hydrogen-bond acceptors (Lipinski definition) is 4. The number of ether oxygens (including phenoxy) is 1. The van der Waals surface area contributed by atoms with Crippen LogP contribution in [0.3, 0.4) is 0 Å². The first-order valence-corrected chi connectivity index (χ1v) is 9.04. The van der Waals surface area contributed by atoms with Crippen molar-refractivity contribution in [1.82, 2.24) is 10.3 Å². The first-order valence-electron chi connectivity index (χ1n) is 8.66. The first kappa shape index (κ1) is 20.3. The van der Waals surface area contributed by atoms with Gasteiger partial charge in [-0.15, -0.1) is 0 Å². The maximum atomic E-state index is 13.5.